The standard InChI is InChI=1S/C20H18N4O10/c25-15(26)7-23(8-16(27)28)19(33)11-1-3-13(21-5-11)14-4-2-12(6-22-14)20(34)24(9-17(29)30)10-18(31)32/h1-6H,7-10H2,(H,25,26)(H,27,28)(H,29,30)(H,31,32). The van der Waals surface area contributed by atoms with E-state index < -0.39 is 61.9 Å². The minimum atomic E-state index is -1.39. The molecule has 0 atom stereocenters. The van der Waals surface area contributed by atoms with Crippen LogP contribution in [-0.4, -0.2) is 102 Å². The van der Waals surface area contributed by atoms with Crippen molar-refractivity contribution in [1.29, 1.82) is 0 Å². The molecule has 0 bridgehead atoms. The summed E-state index contributed by atoms with van der Waals surface area (Å²) in [6, 6.07) is 5.34. The Morgan fingerprint density at radius 2 is 0.853 bits per heavy atom. The van der Waals surface area contributed by atoms with Gasteiger partial charge in [-0.15, -0.1) is 0 Å². The fourth-order valence-electron chi connectivity index (χ4n) is 2.76. The summed E-state index contributed by atoms with van der Waals surface area (Å²) in [6.45, 7) is -3.26. The lowest BCUT2D eigenvalue weighted by Crippen LogP contribution is -2.39. The molecule has 0 aromatic carbocycles. The van der Waals surface area contributed by atoms with E-state index in [9.17, 15) is 28.8 Å². The van der Waals surface area contributed by atoms with E-state index in [1.165, 1.54) is 24.3 Å². The lowest BCUT2D eigenvalue weighted by atomic mass is 10.1. The van der Waals surface area contributed by atoms with E-state index in [1.54, 1.807) is 0 Å². The third-order valence-corrected chi connectivity index (χ3v) is 4.16. The maximum Gasteiger partial charge on any atom is 0.323 e. The van der Waals surface area contributed by atoms with Crippen LogP contribution in [0.15, 0.2) is 36.7 Å². The maximum atomic E-state index is 12.4. The predicted molar refractivity (Wildman–Crippen MR) is 110 cm³/mol. The van der Waals surface area contributed by atoms with Gasteiger partial charge in [0.2, 0.25) is 0 Å². The third-order valence-electron chi connectivity index (χ3n) is 4.16. The van der Waals surface area contributed by atoms with E-state index in [0.717, 1.165) is 12.4 Å². The summed E-state index contributed by atoms with van der Waals surface area (Å²) in [6.07, 6.45) is 2.22. The Morgan fingerprint density at radius 3 is 1.06 bits per heavy atom. The lowest BCUT2D eigenvalue weighted by molar-refractivity contribution is -0.142. The summed E-state index contributed by atoms with van der Waals surface area (Å²) in [4.78, 5) is 77.7. The highest BCUT2D eigenvalue weighted by molar-refractivity contribution is 5.98. The van der Waals surface area contributed by atoms with Gasteiger partial charge >= 0.3 is 23.9 Å². The van der Waals surface area contributed by atoms with Crippen LogP contribution in [0.25, 0.3) is 11.4 Å². The minimum Gasteiger partial charge on any atom is -0.480 e. The van der Waals surface area contributed by atoms with Crippen LogP contribution in [0, 0.1) is 0 Å². The van der Waals surface area contributed by atoms with Crippen LogP contribution < -0.4 is 0 Å². The second-order valence-electron chi connectivity index (χ2n) is 6.76. The molecule has 0 fully saturated rings. The molecular weight excluding hydrogens is 456 g/mol. The monoisotopic (exact) mass is 474 g/mol. The van der Waals surface area contributed by atoms with Crippen molar-refractivity contribution in [2.24, 2.45) is 0 Å². The number of nitrogens with zero attached hydrogens (tertiary/aromatic N) is 4. The molecule has 0 saturated heterocycles. The second-order valence-corrected chi connectivity index (χ2v) is 6.76. The van der Waals surface area contributed by atoms with Gasteiger partial charge in [0.25, 0.3) is 11.8 Å². The molecule has 14 heteroatoms. The quantitative estimate of drug-likeness (QED) is 0.320. The van der Waals surface area contributed by atoms with Crippen molar-refractivity contribution < 1.29 is 49.2 Å². The van der Waals surface area contributed by atoms with E-state index in [4.69, 9.17) is 20.4 Å². The fourth-order valence-corrected chi connectivity index (χ4v) is 2.76. The Morgan fingerprint density at radius 1 is 0.559 bits per heavy atom. The first-order valence-corrected chi connectivity index (χ1v) is 9.36. The smallest absolute Gasteiger partial charge is 0.323 e. The highest BCUT2D eigenvalue weighted by Gasteiger charge is 2.23. The number of amides is 2. The molecule has 34 heavy (non-hydrogen) atoms. The number of aromatic nitrogens is 2. The topological polar surface area (TPSA) is 216 Å². The number of carbonyl (C=O) groups excluding carboxylic acids is 2. The first-order valence-electron chi connectivity index (χ1n) is 9.36. The highest BCUT2D eigenvalue weighted by atomic mass is 16.4. The molecule has 2 aromatic rings. The van der Waals surface area contributed by atoms with Gasteiger partial charge in [0.15, 0.2) is 0 Å². The van der Waals surface area contributed by atoms with Crippen LogP contribution in [0.5, 0.6) is 0 Å². The van der Waals surface area contributed by atoms with Crippen LogP contribution in [0.3, 0.4) is 0 Å². The number of aliphatic carboxylic acids is 4. The Labute approximate surface area is 190 Å². The highest BCUT2D eigenvalue weighted by Crippen LogP contribution is 2.16. The zero-order chi connectivity index (χ0) is 25.4. The average molecular weight is 474 g/mol. The fraction of sp³-hybridized carbons (Fsp3) is 0.200. The first-order chi connectivity index (χ1) is 16.0. The van der Waals surface area contributed by atoms with Gasteiger partial charge in [-0.05, 0) is 24.3 Å². The summed E-state index contributed by atoms with van der Waals surface area (Å²) in [5.74, 6) is -7.25. The Kier molecular flexibility index (Phi) is 8.30. The second kappa shape index (κ2) is 11.1. The molecule has 0 radical (unpaired) electrons. The van der Waals surface area contributed by atoms with Crippen molar-refractivity contribution in [2.75, 3.05) is 26.2 Å². The van der Waals surface area contributed by atoms with Gasteiger partial charge in [-0.3, -0.25) is 38.7 Å². The zero-order valence-corrected chi connectivity index (χ0v) is 17.3. The molecule has 0 saturated carbocycles. The molecule has 0 spiro atoms. The number of hydrogen-bond donors (Lipinski definition) is 4. The Hall–Kier alpha value is -4.88. The van der Waals surface area contributed by atoms with Gasteiger partial charge in [-0.1, -0.05) is 0 Å². The zero-order valence-electron chi connectivity index (χ0n) is 17.3. The first kappa shape index (κ1) is 25.4. The van der Waals surface area contributed by atoms with Gasteiger partial charge in [-0.25, -0.2) is 0 Å². The summed E-state index contributed by atoms with van der Waals surface area (Å²) in [5.41, 5.74) is 0.394. The molecule has 0 aliphatic heterocycles. The molecule has 0 unspecified atom stereocenters. The van der Waals surface area contributed by atoms with Crippen molar-refractivity contribution in [2.45, 2.75) is 0 Å². The van der Waals surface area contributed by atoms with Crippen molar-refractivity contribution in [3.8, 4) is 11.4 Å². The average Bonchev–Trinajstić information content (AvgIpc) is 2.76. The van der Waals surface area contributed by atoms with Crippen molar-refractivity contribution >= 4 is 35.7 Å². The van der Waals surface area contributed by atoms with Crippen LogP contribution in [0.4, 0.5) is 0 Å². The van der Waals surface area contributed by atoms with Gasteiger partial charge in [-0.2, -0.15) is 0 Å². The number of carboxylic acids is 4. The van der Waals surface area contributed by atoms with Crippen molar-refractivity contribution in [3.05, 3.63) is 47.8 Å². The molecule has 0 aliphatic carbocycles. The molecule has 178 valence electrons. The Balaban J connectivity index is 2.19. The van der Waals surface area contributed by atoms with Crippen LogP contribution in [-0.2, 0) is 19.2 Å². The number of pyridine rings is 2. The lowest BCUT2D eigenvalue weighted by Gasteiger charge is -2.18. The molecule has 0 aliphatic rings. The van der Waals surface area contributed by atoms with Crippen LogP contribution >= 0.6 is 0 Å². The van der Waals surface area contributed by atoms with Gasteiger partial charge < -0.3 is 30.2 Å². The van der Waals surface area contributed by atoms with E-state index in [1.807, 2.05) is 0 Å². The van der Waals surface area contributed by atoms with Gasteiger partial charge in [0.05, 0.1) is 22.5 Å². The Bertz CT molecular complexity index is 994. The molecule has 4 N–H and O–H groups in total. The molecule has 2 amide bonds. The van der Waals surface area contributed by atoms with Crippen molar-refractivity contribution in [1.82, 2.24) is 19.8 Å². The van der Waals surface area contributed by atoms with Crippen molar-refractivity contribution in [3.63, 3.8) is 0 Å². The molecular formula is C20H18N4O10. The van der Waals surface area contributed by atoms with E-state index in [2.05, 4.69) is 9.97 Å². The van der Waals surface area contributed by atoms with Crippen LogP contribution in [0.1, 0.15) is 20.7 Å². The third kappa shape index (κ3) is 7.08. The number of carboxylic acid groups (broad SMARTS) is 4. The molecule has 2 aromatic heterocycles. The summed E-state index contributed by atoms with van der Waals surface area (Å²) < 4.78 is 0. The van der Waals surface area contributed by atoms with Crippen LogP contribution in [0.2, 0.25) is 0 Å². The summed E-state index contributed by atoms with van der Waals surface area (Å²) in [5, 5.41) is 35.5. The van der Waals surface area contributed by atoms with E-state index in [-0.39, 0.29) is 22.5 Å². The van der Waals surface area contributed by atoms with E-state index in [0.29, 0.717) is 9.80 Å². The molecule has 2 rings (SSSR count). The molecule has 2 heterocycles. The normalized spacial score (nSPS) is 10.2. The number of carbonyl (C=O) groups is 6. The number of hydrogen-bond acceptors (Lipinski definition) is 8. The number of rotatable bonds is 11. The maximum absolute atomic E-state index is 12.4. The largest absolute Gasteiger partial charge is 0.480 e. The van der Waals surface area contributed by atoms with E-state index >= 15 is 0 Å². The molecule has 14 nitrogen and oxygen atoms in total. The predicted octanol–water partition coefficient (Wildman–Crippen LogP) is -0.634. The minimum absolute atomic E-state index is 0.0592. The van der Waals surface area contributed by atoms with Gasteiger partial charge in [0.1, 0.15) is 26.2 Å². The SMILES string of the molecule is O=C(O)CN(CC(=O)O)C(=O)c1ccc(-c2ccc(C(=O)N(CC(=O)O)CC(=O)O)cn2)nc1. The van der Waals surface area contributed by atoms with Gasteiger partial charge in [0, 0.05) is 12.4 Å². The summed E-state index contributed by atoms with van der Waals surface area (Å²) >= 11 is 0. The summed E-state index contributed by atoms with van der Waals surface area (Å²) in [7, 11) is 0.